The van der Waals surface area contributed by atoms with E-state index in [9.17, 15) is 13.2 Å². The van der Waals surface area contributed by atoms with Gasteiger partial charge in [0.15, 0.2) is 11.5 Å². The number of hydrogen-bond donors (Lipinski definition) is 2. The first-order chi connectivity index (χ1) is 14.9. The zero-order chi connectivity index (χ0) is 22.3. The molecule has 0 radical (unpaired) electrons. The van der Waals surface area contributed by atoms with Gasteiger partial charge in [-0.05, 0) is 50.2 Å². The van der Waals surface area contributed by atoms with Crippen LogP contribution in [0.1, 0.15) is 51.4 Å². The van der Waals surface area contributed by atoms with Gasteiger partial charge in [0.25, 0.3) is 0 Å². The van der Waals surface area contributed by atoms with Crippen molar-refractivity contribution in [2.75, 3.05) is 33.9 Å². The number of carbonyl (C=O) groups is 1. The highest BCUT2D eigenvalue weighted by Crippen LogP contribution is 2.29. The Morgan fingerprint density at radius 3 is 2.35 bits per heavy atom. The molecule has 0 atom stereocenters. The van der Waals surface area contributed by atoms with Crippen LogP contribution in [0.3, 0.4) is 0 Å². The summed E-state index contributed by atoms with van der Waals surface area (Å²) < 4.78 is 38.2. The number of methoxy groups -OCH3 is 2. The van der Waals surface area contributed by atoms with Crippen LogP contribution in [0, 0.1) is 5.92 Å². The van der Waals surface area contributed by atoms with Crippen LogP contribution < -0.4 is 19.5 Å². The Hall–Kier alpha value is -2.00. The van der Waals surface area contributed by atoms with E-state index in [1.54, 1.807) is 6.07 Å². The van der Waals surface area contributed by atoms with Crippen LogP contribution in [0.25, 0.3) is 0 Å². The molecule has 3 rings (SSSR count). The first-order valence-corrected chi connectivity index (χ1v) is 12.7. The summed E-state index contributed by atoms with van der Waals surface area (Å²) >= 11 is 0. The number of benzene rings is 1. The Bertz CT molecular complexity index is 832. The summed E-state index contributed by atoms with van der Waals surface area (Å²) in [6, 6.07) is 4.93. The fourth-order valence-electron chi connectivity index (χ4n) is 4.40. The maximum atomic E-state index is 12.6. The molecule has 1 aliphatic carbocycles. The van der Waals surface area contributed by atoms with E-state index in [4.69, 9.17) is 9.47 Å². The van der Waals surface area contributed by atoms with E-state index in [0.717, 1.165) is 45.2 Å². The highest BCUT2D eigenvalue weighted by molar-refractivity contribution is 7.89. The van der Waals surface area contributed by atoms with Gasteiger partial charge in [-0.1, -0.05) is 19.3 Å². The molecule has 1 saturated heterocycles. The maximum Gasteiger partial charge on any atom is 0.317 e. The molecular formula is C22H35N3O5S. The number of ether oxygens (including phenoxy) is 2. The third-order valence-corrected chi connectivity index (χ3v) is 7.80. The number of nitrogens with one attached hydrogen (secondary N) is 2. The average Bonchev–Trinajstić information content (AvgIpc) is 2.79. The number of sulfonamides is 1. The Kier molecular flexibility index (Phi) is 8.43. The number of amides is 2. The van der Waals surface area contributed by atoms with Gasteiger partial charge < -0.3 is 19.7 Å². The minimum Gasteiger partial charge on any atom is -0.493 e. The van der Waals surface area contributed by atoms with Gasteiger partial charge in [0.05, 0.1) is 19.1 Å². The molecule has 31 heavy (non-hydrogen) atoms. The molecule has 1 saturated carbocycles. The quantitative estimate of drug-likeness (QED) is 0.630. The summed E-state index contributed by atoms with van der Waals surface area (Å²) in [6.45, 7) is 1.83. The average molecular weight is 454 g/mol. The molecule has 0 unspecified atom stereocenters. The topological polar surface area (TPSA) is 97.0 Å². The van der Waals surface area contributed by atoms with E-state index in [1.807, 2.05) is 4.90 Å². The highest BCUT2D eigenvalue weighted by atomic mass is 32.2. The van der Waals surface area contributed by atoms with Crippen molar-refractivity contribution in [2.24, 2.45) is 5.92 Å². The maximum absolute atomic E-state index is 12.6. The molecule has 0 bridgehead atoms. The zero-order valence-electron chi connectivity index (χ0n) is 18.6. The smallest absolute Gasteiger partial charge is 0.317 e. The second kappa shape index (κ2) is 11.0. The molecular weight excluding hydrogens is 418 g/mol. The molecule has 1 aromatic rings. The first-order valence-electron chi connectivity index (χ1n) is 11.2. The van der Waals surface area contributed by atoms with Crippen molar-refractivity contribution in [1.29, 1.82) is 0 Å². The molecule has 1 aliphatic heterocycles. The van der Waals surface area contributed by atoms with E-state index in [-0.39, 0.29) is 10.9 Å². The molecule has 2 aliphatic rings. The van der Waals surface area contributed by atoms with E-state index in [2.05, 4.69) is 10.0 Å². The summed E-state index contributed by atoms with van der Waals surface area (Å²) in [7, 11) is -0.635. The molecule has 8 nitrogen and oxygen atoms in total. The molecule has 0 spiro atoms. The van der Waals surface area contributed by atoms with Crippen LogP contribution in [0.2, 0.25) is 0 Å². The van der Waals surface area contributed by atoms with E-state index in [1.165, 1.54) is 45.6 Å². The lowest BCUT2D eigenvalue weighted by atomic mass is 9.93. The largest absolute Gasteiger partial charge is 0.493 e. The van der Waals surface area contributed by atoms with Gasteiger partial charge >= 0.3 is 6.03 Å². The van der Waals surface area contributed by atoms with Gasteiger partial charge in [-0.15, -0.1) is 0 Å². The second-order valence-corrected chi connectivity index (χ2v) is 10.2. The zero-order valence-corrected chi connectivity index (χ0v) is 19.4. The van der Waals surface area contributed by atoms with Gasteiger partial charge in [0, 0.05) is 31.7 Å². The molecule has 174 valence electrons. The first kappa shape index (κ1) is 23.7. The summed E-state index contributed by atoms with van der Waals surface area (Å²) in [6.07, 6.45) is 8.40. The van der Waals surface area contributed by atoms with Gasteiger partial charge in [-0.2, -0.15) is 0 Å². The molecule has 2 amide bonds. The summed E-state index contributed by atoms with van der Waals surface area (Å²) in [5.41, 5.74) is 0. The van der Waals surface area contributed by atoms with Crippen LogP contribution in [-0.2, 0) is 10.0 Å². The van der Waals surface area contributed by atoms with Crippen LogP contribution in [-0.4, -0.2) is 59.2 Å². The van der Waals surface area contributed by atoms with Crippen LogP contribution in [0.15, 0.2) is 23.1 Å². The van der Waals surface area contributed by atoms with E-state index >= 15 is 0 Å². The SMILES string of the molecule is COc1ccc(S(=O)(=O)NCCC2CCN(C(=O)NC3CCCCC3)CC2)cc1OC. The van der Waals surface area contributed by atoms with Gasteiger partial charge in [0.1, 0.15) is 0 Å². The predicted molar refractivity (Wildman–Crippen MR) is 119 cm³/mol. The van der Waals surface area contributed by atoms with Crippen molar-refractivity contribution in [3.8, 4) is 11.5 Å². The number of rotatable bonds is 8. The molecule has 9 heteroatoms. The van der Waals surface area contributed by atoms with Gasteiger partial charge in [-0.3, -0.25) is 0 Å². The number of urea groups is 1. The fourth-order valence-corrected chi connectivity index (χ4v) is 5.46. The predicted octanol–water partition coefficient (Wildman–Crippen LogP) is 3.13. The number of nitrogens with zero attached hydrogens (tertiary/aromatic N) is 1. The standard InChI is InChI=1S/C22H35N3O5S/c1-29-20-9-8-19(16-21(20)30-2)31(27,28)23-13-10-17-11-14-25(15-12-17)22(26)24-18-6-4-3-5-7-18/h8-9,16-18,23H,3-7,10-15H2,1-2H3,(H,24,26). The van der Waals surface area contributed by atoms with Crippen molar-refractivity contribution >= 4 is 16.1 Å². The van der Waals surface area contributed by atoms with E-state index in [0.29, 0.717) is 30.0 Å². The second-order valence-electron chi connectivity index (χ2n) is 8.42. The molecule has 1 aromatic carbocycles. The van der Waals surface area contributed by atoms with Crippen molar-refractivity contribution in [2.45, 2.75) is 62.3 Å². The minimum atomic E-state index is -3.62. The Labute approximate surface area is 185 Å². The minimum absolute atomic E-state index is 0.0551. The molecule has 2 fully saturated rings. The summed E-state index contributed by atoms with van der Waals surface area (Å²) in [5, 5.41) is 3.18. The monoisotopic (exact) mass is 453 g/mol. The Morgan fingerprint density at radius 1 is 1.03 bits per heavy atom. The number of likely N-dealkylation sites (tertiary alicyclic amines) is 1. The Balaban J connectivity index is 1.41. The third kappa shape index (κ3) is 6.49. The van der Waals surface area contributed by atoms with Crippen molar-refractivity contribution in [3.05, 3.63) is 18.2 Å². The lowest BCUT2D eigenvalue weighted by Gasteiger charge is -2.34. The highest BCUT2D eigenvalue weighted by Gasteiger charge is 2.25. The molecule has 2 N–H and O–H groups in total. The van der Waals surface area contributed by atoms with Gasteiger partial charge in [-0.25, -0.2) is 17.9 Å². The van der Waals surface area contributed by atoms with Crippen LogP contribution in [0.5, 0.6) is 11.5 Å². The van der Waals surface area contributed by atoms with Crippen LogP contribution >= 0.6 is 0 Å². The van der Waals surface area contributed by atoms with Gasteiger partial charge in [0.2, 0.25) is 10.0 Å². The third-order valence-electron chi connectivity index (χ3n) is 6.34. The molecule has 0 aromatic heterocycles. The number of piperidine rings is 1. The van der Waals surface area contributed by atoms with Crippen LogP contribution in [0.4, 0.5) is 4.79 Å². The number of carbonyl (C=O) groups excluding carboxylic acids is 1. The fraction of sp³-hybridized carbons (Fsp3) is 0.682. The number of hydrogen-bond acceptors (Lipinski definition) is 5. The summed E-state index contributed by atoms with van der Waals surface area (Å²) in [5.74, 6) is 1.27. The normalized spacial score (nSPS) is 18.6. The Morgan fingerprint density at radius 2 is 1.71 bits per heavy atom. The van der Waals surface area contributed by atoms with Crippen molar-refractivity contribution in [3.63, 3.8) is 0 Å². The molecule has 1 heterocycles. The lowest BCUT2D eigenvalue weighted by molar-refractivity contribution is 0.162. The lowest BCUT2D eigenvalue weighted by Crippen LogP contribution is -2.48. The van der Waals surface area contributed by atoms with Crippen molar-refractivity contribution in [1.82, 2.24) is 14.9 Å². The summed E-state index contributed by atoms with van der Waals surface area (Å²) in [4.78, 5) is 14.5. The van der Waals surface area contributed by atoms with E-state index < -0.39 is 10.0 Å². The van der Waals surface area contributed by atoms with Crippen molar-refractivity contribution < 1.29 is 22.7 Å².